The Labute approximate surface area is 154 Å². The largest absolute Gasteiger partial charge is 0.321 e. The molecule has 1 N–H and O–H groups in total. The van der Waals surface area contributed by atoms with Crippen LogP contribution in [-0.4, -0.2) is 15.7 Å². The van der Waals surface area contributed by atoms with E-state index >= 15 is 0 Å². The van der Waals surface area contributed by atoms with Crippen molar-refractivity contribution in [2.45, 2.75) is 40.5 Å². The molecular formula is C22H25N3O. The summed E-state index contributed by atoms with van der Waals surface area (Å²) >= 11 is 0. The van der Waals surface area contributed by atoms with Crippen molar-refractivity contribution in [3.63, 3.8) is 0 Å². The highest BCUT2D eigenvalue weighted by atomic mass is 16.1. The molecule has 0 aliphatic heterocycles. The topological polar surface area (TPSA) is 46.9 Å². The van der Waals surface area contributed by atoms with Crippen LogP contribution < -0.4 is 5.32 Å². The predicted octanol–water partition coefficient (Wildman–Crippen LogP) is 5.17. The Hall–Kier alpha value is -2.88. The third-order valence-corrected chi connectivity index (χ3v) is 4.76. The van der Waals surface area contributed by atoms with Crippen LogP contribution in [-0.2, 0) is 0 Å². The van der Waals surface area contributed by atoms with E-state index in [0.717, 1.165) is 33.8 Å². The lowest BCUT2D eigenvalue weighted by molar-refractivity contribution is 0.102. The third kappa shape index (κ3) is 3.27. The van der Waals surface area contributed by atoms with Gasteiger partial charge in [-0.3, -0.25) is 4.79 Å². The van der Waals surface area contributed by atoms with Gasteiger partial charge in [0.05, 0.1) is 23.1 Å². The first-order valence-corrected chi connectivity index (χ1v) is 8.91. The number of para-hydroxylation sites is 2. The van der Waals surface area contributed by atoms with Crippen LogP contribution >= 0.6 is 0 Å². The molecule has 1 amide bonds. The average Bonchev–Trinajstić information content (AvgIpc) is 2.98. The molecule has 2 aromatic carbocycles. The van der Waals surface area contributed by atoms with Gasteiger partial charge in [-0.25, -0.2) is 4.68 Å². The van der Waals surface area contributed by atoms with E-state index < -0.39 is 0 Å². The number of nitrogens with one attached hydrogen (secondary N) is 1. The summed E-state index contributed by atoms with van der Waals surface area (Å²) in [6.45, 7) is 10.2. The summed E-state index contributed by atoms with van der Waals surface area (Å²) < 4.78 is 1.82. The van der Waals surface area contributed by atoms with Crippen LogP contribution in [0.4, 0.5) is 5.69 Å². The molecule has 0 saturated heterocycles. The summed E-state index contributed by atoms with van der Waals surface area (Å²) in [5.74, 6) is 0.208. The standard InChI is InChI=1S/C22H25N3O/c1-14(2)18-11-8-10-16(4)21(18)24-22(26)19-13-23-25(17(19)5)20-12-7-6-9-15(20)3/h6-14H,1-5H3,(H,24,26). The summed E-state index contributed by atoms with van der Waals surface area (Å²) in [6, 6.07) is 14.1. The predicted molar refractivity (Wildman–Crippen MR) is 106 cm³/mol. The zero-order chi connectivity index (χ0) is 18.8. The van der Waals surface area contributed by atoms with Crippen molar-refractivity contribution in [3.05, 3.63) is 76.6 Å². The normalized spacial score (nSPS) is 11.0. The number of amides is 1. The summed E-state index contributed by atoms with van der Waals surface area (Å²) in [7, 11) is 0. The van der Waals surface area contributed by atoms with Crippen molar-refractivity contribution in [2.75, 3.05) is 5.32 Å². The first-order chi connectivity index (χ1) is 12.4. The highest BCUT2D eigenvalue weighted by Gasteiger charge is 2.18. The van der Waals surface area contributed by atoms with Crippen molar-refractivity contribution < 1.29 is 4.79 Å². The van der Waals surface area contributed by atoms with Gasteiger partial charge in [0.1, 0.15) is 0 Å². The molecule has 134 valence electrons. The molecule has 0 atom stereocenters. The lowest BCUT2D eigenvalue weighted by Crippen LogP contribution is -2.16. The van der Waals surface area contributed by atoms with Crippen molar-refractivity contribution in [1.82, 2.24) is 9.78 Å². The number of hydrogen-bond acceptors (Lipinski definition) is 2. The molecule has 0 fully saturated rings. The van der Waals surface area contributed by atoms with Crippen LogP contribution in [0.2, 0.25) is 0 Å². The van der Waals surface area contributed by atoms with E-state index in [-0.39, 0.29) is 5.91 Å². The van der Waals surface area contributed by atoms with Gasteiger partial charge in [0.25, 0.3) is 5.91 Å². The maximum atomic E-state index is 12.9. The number of anilines is 1. The van der Waals surface area contributed by atoms with E-state index in [2.05, 4.69) is 30.3 Å². The van der Waals surface area contributed by atoms with Crippen LogP contribution in [0.15, 0.2) is 48.7 Å². The zero-order valence-corrected chi connectivity index (χ0v) is 16.0. The highest BCUT2D eigenvalue weighted by molar-refractivity contribution is 6.05. The summed E-state index contributed by atoms with van der Waals surface area (Å²) in [6.07, 6.45) is 1.64. The SMILES string of the molecule is Cc1ccccc1-n1ncc(C(=O)Nc2c(C)cccc2C(C)C)c1C. The fraction of sp³-hybridized carbons (Fsp3) is 0.273. The molecule has 0 aliphatic rings. The van der Waals surface area contributed by atoms with Gasteiger partial charge in [-0.2, -0.15) is 5.10 Å². The first-order valence-electron chi connectivity index (χ1n) is 8.91. The number of hydrogen-bond donors (Lipinski definition) is 1. The van der Waals surface area contributed by atoms with Gasteiger partial charge >= 0.3 is 0 Å². The van der Waals surface area contributed by atoms with E-state index in [4.69, 9.17) is 0 Å². The van der Waals surface area contributed by atoms with Crippen LogP contribution in [0, 0.1) is 20.8 Å². The smallest absolute Gasteiger partial charge is 0.259 e. The Morgan fingerprint density at radius 1 is 1.00 bits per heavy atom. The molecule has 4 nitrogen and oxygen atoms in total. The maximum absolute atomic E-state index is 12.9. The van der Waals surface area contributed by atoms with Crippen LogP contribution in [0.3, 0.4) is 0 Å². The average molecular weight is 347 g/mol. The number of nitrogens with zero attached hydrogens (tertiary/aromatic N) is 2. The number of aromatic nitrogens is 2. The van der Waals surface area contributed by atoms with E-state index in [1.165, 1.54) is 0 Å². The van der Waals surface area contributed by atoms with E-state index in [9.17, 15) is 4.79 Å². The van der Waals surface area contributed by atoms with Gasteiger partial charge in [-0.05, 0) is 49.4 Å². The molecular weight excluding hydrogens is 322 g/mol. The molecule has 0 spiro atoms. The lowest BCUT2D eigenvalue weighted by atomic mass is 9.98. The Morgan fingerprint density at radius 3 is 2.38 bits per heavy atom. The number of aryl methyl sites for hydroxylation is 2. The van der Waals surface area contributed by atoms with Gasteiger partial charge < -0.3 is 5.32 Å². The van der Waals surface area contributed by atoms with Crippen molar-refractivity contribution in [2.24, 2.45) is 0 Å². The van der Waals surface area contributed by atoms with Crippen LogP contribution in [0.5, 0.6) is 0 Å². The lowest BCUT2D eigenvalue weighted by Gasteiger charge is -2.16. The van der Waals surface area contributed by atoms with E-state index in [1.807, 2.05) is 61.9 Å². The van der Waals surface area contributed by atoms with Crippen LogP contribution in [0.25, 0.3) is 5.69 Å². The molecule has 0 aliphatic carbocycles. The summed E-state index contributed by atoms with van der Waals surface area (Å²) in [5.41, 5.74) is 6.63. The maximum Gasteiger partial charge on any atom is 0.259 e. The molecule has 3 rings (SSSR count). The second-order valence-electron chi connectivity index (χ2n) is 6.99. The van der Waals surface area contributed by atoms with Gasteiger partial charge in [0.2, 0.25) is 0 Å². The van der Waals surface area contributed by atoms with E-state index in [1.54, 1.807) is 6.20 Å². The molecule has 26 heavy (non-hydrogen) atoms. The molecule has 0 radical (unpaired) electrons. The molecule has 0 bridgehead atoms. The second kappa shape index (κ2) is 7.16. The van der Waals surface area contributed by atoms with Gasteiger partial charge in [-0.15, -0.1) is 0 Å². The van der Waals surface area contributed by atoms with Crippen LogP contribution in [0.1, 0.15) is 52.5 Å². The fourth-order valence-corrected chi connectivity index (χ4v) is 3.20. The molecule has 1 aromatic heterocycles. The monoisotopic (exact) mass is 347 g/mol. The molecule has 0 unspecified atom stereocenters. The van der Waals surface area contributed by atoms with Crippen molar-refractivity contribution in [1.29, 1.82) is 0 Å². The third-order valence-electron chi connectivity index (χ3n) is 4.76. The highest BCUT2D eigenvalue weighted by Crippen LogP contribution is 2.28. The molecule has 3 aromatic rings. The fourth-order valence-electron chi connectivity index (χ4n) is 3.20. The first kappa shape index (κ1) is 17.9. The van der Waals surface area contributed by atoms with Gasteiger partial charge in [0.15, 0.2) is 0 Å². The Balaban J connectivity index is 1.95. The quantitative estimate of drug-likeness (QED) is 0.707. The minimum atomic E-state index is -0.126. The molecule has 1 heterocycles. The zero-order valence-electron chi connectivity index (χ0n) is 16.0. The van der Waals surface area contributed by atoms with Crippen molar-refractivity contribution >= 4 is 11.6 Å². The molecule has 4 heteroatoms. The number of carbonyl (C=O) groups is 1. The van der Waals surface area contributed by atoms with Crippen molar-refractivity contribution in [3.8, 4) is 5.69 Å². The molecule has 0 saturated carbocycles. The van der Waals surface area contributed by atoms with Gasteiger partial charge in [0, 0.05) is 5.69 Å². The number of carbonyl (C=O) groups excluding carboxylic acids is 1. The summed E-state index contributed by atoms with van der Waals surface area (Å²) in [5, 5.41) is 7.55. The summed E-state index contributed by atoms with van der Waals surface area (Å²) in [4.78, 5) is 12.9. The number of rotatable bonds is 4. The minimum Gasteiger partial charge on any atom is -0.321 e. The van der Waals surface area contributed by atoms with Gasteiger partial charge in [-0.1, -0.05) is 50.2 Å². The van der Waals surface area contributed by atoms with E-state index in [0.29, 0.717) is 11.5 Å². The number of benzene rings is 2. The Kier molecular flexibility index (Phi) is 4.94. The Morgan fingerprint density at radius 2 is 1.69 bits per heavy atom. The minimum absolute atomic E-state index is 0.126. The second-order valence-corrected chi connectivity index (χ2v) is 6.99. The Bertz CT molecular complexity index is 954.